The highest BCUT2D eigenvalue weighted by molar-refractivity contribution is 4.95. The van der Waals surface area contributed by atoms with Crippen LogP contribution in [-0.2, 0) is 14.2 Å². The average Bonchev–Trinajstić information content (AvgIpc) is 2.46. The van der Waals surface area contributed by atoms with Gasteiger partial charge in [-0.25, -0.2) is 0 Å². The van der Waals surface area contributed by atoms with E-state index in [-0.39, 0.29) is 11.5 Å². The van der Waals surface area contributed by atoms with Crippen LogP contribution in [0.15, 0.2) is 0 Å². The summed E-state index contributed by atoms with van der Waals surface area (Å²) in [6.07, 6.45) is 4.14. The maximum Gasteiger partial charge on any atom is 0.0908 e. The quantitative estimate of drug-likeness (QED) is 0.852. The van der Waals surface area contributed by atoms with E-state index in [0.29, 0.717) is 0 Å². The van der Waals surface area contributed by atoms with Crippen molar-refractivity contribution in [1.82, 2.24) is 0 Å². The number of methoxy groups -OCH3 is 1. The molecule has 19 heavy (non-hydrogen) atoms. The van der Waals surface area contributed by atoms with Crippen molar-refractivity contribution in [1.29, 1.82) is 0 Å². The van der Waals surface area contributed by atoms with E-state index in [1.807, 2.05) is 6.92 Å². The molecule has 2 aliphatic heterocycles. The van der Waals surface area contributed by atoms with Gasteiger partial charge in [0, 0.05) is 26.9 Å². The first-order valence-corrected chi connectivity index (χ1v) is 7.50. The molecule has 0 radical (unpaired) electrons. The minimum absolute atomic E-state index is 0.0649. The van der Waals surface area contributed by atoms with Gasteiger partial charge in [-0.1, -0.05) is 6.92 Å². The monoisotopic (exact) mass is 272 g/mol. The summed E-state index contributed by atoms with van der Waals surface area (Å²) in [7, 11) is 1.69. The van der Waals surface area contributed by atoms with Crippen molar-refractivity contribution in [2.75, 3.05) is 26.9 Å². The lowest BCUT2D eigenvalue weighted by atomic mass is 9.74. The van der Waals surface area contributed by atoms with Crippen LogP contribution < -0.4 is 0 Å². The summed E-state index contributed by atoms with van der Waals surface area (Å²) in [5.74, 6) is 0.261. The van der Waals surface area contributed by atoms with E-state index >= 15 is 0 Å². The number of ether oxygens (including phenoxy) is 3. The zero-order chi connectivity index (χ0) is 13.9. The van der Waals surface area contributed by atoms with Crippen molar-refractivity contribution < 1.29 is 19.3 Å². The molecular formula is C15H28O4. The highest BCUT2D eigenvalue weighted by atomic mass is 16.5. The van der Waals surface area contributed by atoms with E-state index in [4.69, 9.17) is 14.2 Å². The molecule has 0 saturated carbocycles. The van der Waals surface area contributed by atoms with Gasteiger partial charge < -0.3 is 19.3 Å². The molecule has 4 nitrogen and oxygen atoms in total. The Morgan fingerprint density at radius 1 is 1.37 bits per heavy atom. The summed E-state index contributed by atoms with van der Waals surface area (Å²) >= 11 is 0. The van der Waals surface area contributed by atoms with Gasteiger partial charge in [0.15, 0.2) is 0 Å². The van der Waals surface area contributed by atoms with Gasteiger partial charge in [0.25, 0.3) is 0 Å². The van der Waals surface area contributed by atoms with Gasteiger partial charge in [-0.05, 0) is 44.9 Å². The van der Waals surface area contributed by atoms with E-state index in [1.165, 1.54) is 0 Å². The highest BCUT2D eigenvalue weighted by Crippen LogP contribution is 2.41. The lowest BCUT2D eigenvalue weighted by molar-refractivity contribution is -0.183. The Bertz CT molecular complexity index is 276. The third kappa shape index (κ3) is 3.13. The van der Waals surface area contributed by atoms with E-state index < -0.39 is 11.7 Å². The van der Waals surface area contributed by atoms with Gasteiger partial charge in [-0.2, -0.15) is 0 Å². The number of aliphatic hydroxyl groups is 1. The molecule has 2 rings (SSSR count). The molecule has 112 valence electrons. The molecule has 2 heterocycles. The molecule has 0 amide bonds. The first kappa shape index (κ1) is 15.2. The zero-order valence-electron chi connectivity index (χ0n) is 12.5. The summed E-state index contributed by atoms with van der Waals surface area (Å²) in [5, 5.41) is 10.7. The van der Waals surface area contributed by atoms with Gasteiger partial charge >= 0.3 is 0 Å². The molecule has 0 aromatic carbocycles. The normalized spacial score (nSPS) is 31.9. The molecule has 3 atom stereocenters. The minimum atomic E-state index is -0.450. The Kier molecular flexibility index (Phi) is 4.88. The van der Waals surface area contributed by atoms with Gasteiger partial charge in [0.1, 0.15) is 0 Å². The molecule has 4 heteroatoms. The molecular weight excluding hydrogens is 244 g/mol. The van der Waals surface area contributed by atoms with E-state index in [9.17, 15) is 5.11 Å². The Balaban J connectivity index is 2.04. The topological polar surface area (TPSA) is 47.9 Å². The average molecular weight is 272 g/mol. The van der Waals surface area contributed by atoms with Crippen molar-refractivity contribution in [3.8, 4) is 0 Å². The van der Waals surface area contributed by atoms with Crippen LogP contribution in [0, 0.1) is 5.92 Å². The van der Waals surface area contributed by atoms with Crippen molar-refractivity contribution in [3.63, 3.8) is 0 Å². The van der Waals surface area contributed by atoms with Crippen molar-refractivity contribution >= 4 is 0 Å². The van der Waals surface area contributed by atoms with Crippen molar-refractivity contribution in [2.45, 2.75) is 63.3 Å². The van der Waals surface area contributed by atoms with Gasteiger partial charge in [0.05, 0.1) is 17.3 Å². The van der Waals surface area contributed by atoms with Crippen LogP contribution in [0.4, 0.5) is 0 Å². The first-order chi connectivity index (χ1) is 9.05. The van der Waals surface area contributed by atoms with Crippen LogP contribution in [0.25, 0.3) is 0 Å². The molecule has 1 N–H and O–H groups in total. The van der Waals surface area contributed by atoms with E-state index in [1.54, 1.807) is 7.11 Å². The fraction of sp³-hybridized carbons (Fsp3) is 1.00. The summed E-state index contributed by atoms with van der Waals surface area (Å²) in [5.41, 5.74) is -0.515. The van der Waals surface area contributed by atoms with Crippen LogP contribution in [0.3, 0.4) is 0 Å². The SMILES string of the molecule is CCC(C)(OC)C(O)C1CCOC2(CCOCC2)C1. The van der Waals surface area contributed by atoms with Crippen LogP contribution in [0.5, 0.6) is 0 Å². The zero-order valence-corrected chi connectivity index (χ0v) is 12.5. The molecule has 2 fully saturated rings. The Hall–Kier alpha value is -0.160. The van der Waals surface area contributed by atoms with Gasteiger partial charge in [0.2, 0.25) is 0 Å². The number of rotatable bonds is 4. The van der Waals surface area contributed by atoms with Crippen molar-refractivity contribution in [3.05, 3.63) is 0 Å². The Morgan fingerprint density at radius 3 is 2.63 bits per heavy atom. The van der Waals surface area contributed by atoms with E-state index in [0.717, 1.165) is 51.9 Å². The smallest absolute Gasteiger partial charge is 0.0908 e. The summed E-state index contributed by atoms with van der Waals surface area (Å²) in [4.78, 5) is 0. The Morgan fingerprint density at radius 2 is 2.05 bits per heavy atom. The third-order valence-corrected chi connectivity index (χ3v) is 5.18. The fourth-order valence-corrected chi connectivity index (χ4v) is 3.40. The van der Waals surface area contributed by atoms with Crippen molar-refractivity contribution in [2.24, 2.45) is 5.92 Å². The molecule has 0 aromatic rings. The third-order valence-electron chi connectivity index (χ3n) is 5.18. The molecule has 2 saturated heterocycles. The molecule has 3 unspecified atom stereocenters. The largest absolute Gasteiger partial charge is 0.390 e. The maximum absolute atomic E-state index is 10.7. The lowest BCUT2D eigenvalue weighted by Gasteiger charge is -2.47. The molecule has 1 spiro atoms. The maximum atomic E-state index is 10.7. The second-order valence-electron chi connectivity index (χ2n) is 6.21. The molecule has 0 aromatic heterocycles. The second-order valence-corrected chi connectivity index (χ2v) is 6.21. The molecule has 2 aliphatic rings. The minimum Gasteiger partial charge on any atom is -0.390 e. The van der Waals surface area contributed by atoms with Gasteiger partial charge in [-0.3, -0.25) is 0 Å². The number of hydrogen-bond acceptors (Lipinski definition) is 4. The van der Waals surface area contributed by atoms with Crippen LogP contribution in [0.2, 0.25) is 0 Å². The number of hydrogen-bond donors (Lipinski definition) is 1. The molecule has 0 bridgehead atoms. The van der Waals surface area contributed by atoms with E-state index in [2.05, 4.69) is 6.92 Å². The Labute approximate surface area is 116 Å². The predicted molar refractivity (Wildman–Crippen MR) is 73.2 cm³/mol. The summed E-state index contributed by atoms with van der Waals surface area (Å²) < 4.78 is 17.0. The second kappa shape index (κ2) is 6.08. The first-order valence-electron chi connectivity index (χ1n) is 7.50. The summed E-state index contributed by atoms with van der Waals surface area (Å²) in [6, 6.07) is 0. The number of aliphatic hydroxyl groups excluding tert-OH is 1. The lowest BCUT2D eigenvalue weighted by Crippen LogP contribution is -2.52. The van der Waals surface area contributed by atoms with Gasteiger partial charge in [-0.15, -0.1) is 0 Å². The van der Waals surface area contributed by atoms with Crippen LogP contribution in [0.1, 0.15) is 46.0 Å². The van der Waals surface area contributed by atoms with Crippen LogP contribution in [-0.4, -0.2) is 49.3 Å². The highest BCUT2D eigenvalue weighted by Gasteiger charge is 2.45. The fourth-order valence-electron chi connectivity index (χ4n) is 3.40. The standard InChI is InChI=1S/C15H28O4/c1-4-14(2,17-3)13(16)12-5-8-19-15(11-12)6-9-18-10-7-15/h12-13,16H,4-11H2,1-3H3. The predicted octanol–water partition coefficient (Wildman–Crippen LogP) is 2.14. The summed E-state index contributed by atoms with van der Waals surface area (Å²) in [6.45, 7) is 6.36. The van der Waals surface area contributed by atoms with Crippen LogP contribution >= 0.6 is 0 Å². The molecule has 0 aliphatic carbocycles.